The van der Waals surface area contributed by atoms with E-state index in [2.05, 4.69) is 13.8 Å². The second-order valence-electron chi connectivity index (χ2n) is 9.36. The van der Waals surface area contributed by atoms with Crippen LogP contribution in [0.2, 0.25) is 5.02 Å². The van der Waals surface area contributed by atoms with Gasteiger partial charge >= 0.3 is 0 Å². The molecule has 0 N–H and O–H groups in total. The molecule has 0 saturated carbocycles. The maximum Gasteiger partial charge on any atom is 0.266 e. The first kappa shape index (κ1) is 26.6. The van der Waals surface area contributed by atoms with Crippen LogP contribution in [0.3, 0.4) is 0 Å². The molecule has 1 amide bonds. The number of rotatable bonds is 10. The van der Waals surface area contributed by atoms with Gasteiger partial charge in [-0.15, -0.1) is 0 Å². The average molecular weight is 516 g/mol. The highest BCUT2D eigenvalue weighted by Crippen LogP contribution is 2.27. The van der Waals surface area contributed by atoms with Crippen molar-refractivity contribution in [2.75, 3.05) is 6.54 Å². The van der Waals surface area contributed by atoms with Crippen LogP contribution in [-0.2, 0) is 6.42 Å². The average Bonchev–Trinajstić information content (AvgIpc) is 2.93. The molecule has 1 heterocycles. The normalized spacial score (nSPS) is 12.0. The largest absolute Gasteiger partial charge is 0.329 e. The molecule has 1 aromatic heterocycles. The summed E-state index contributed by atoms with van der Waals surface area (Å²) in [4.78, 5) is 34.4. The van der Waals surface area contributed by atoms with Crippen molar-refractivity contribution in [2.24, 2.45) is 0 Å². The van der Waals surface area contributed by atoms with Gasteiger partial charge in [-0.25, -0.2) is 4.98 Å². The van der Waals surface area contributed by atoms with Crippen LogP contribution in [0.25, 0.3) is 16.6 Å². The minimum atomic E-state index is -0.464. The van der Waals surface area contributed by atoms with Gasteiger partial charge in [0.1, 0.15) is 5.82 Å². The number of para-hydroxylation sites is 1. The molecule has 0 bridgehead atoms. The zero-order chi connectivity index (χ0) is 26.4. The summed E-state index contributed by atoms with van der Waals surface area (Å²) >= 11 is 6.44. The summed E-state index contributed by atoms with van der Waals surface area (Å²) in [5, 5.41) is 0.960. The number of aromatic nitrogens is 2. The smallest absolute Gasteiger partial charge is 0.266 e. The Morgan fingerprint density at radius 2 is 1.65 bits per heavy atom. The van der Waals surface area contributed by atoms with Gasteiger partial charge in [-0.1, -0.05) is 81.1 Å². The van der Waals surface area contributed by atoms with Crippen LogP contribution in [-0.4, -0.2) is 26.9 Å². The number of amides is 1. The number of carbonyl (C=O) groups excluding carboxylic acids is 1. The summed E-state index contributed by atoms with van der Waals surface area (Å²) in [6.45, 7) is 6.75. The monoisotopic (exact) mass is 515 g/mol. The Labute approximate surface area is 223 Å². The van der Waals surface area contributed by atoms with Crippen LogP contribution in [0.5, 0.6) is 0 Å². The zero-order valence-corrected chi connectivity index (χ0v) is 22.5. The predicted octanol–water partition coefficient (Wildman–Crippen LogP) is 7.39. The third kappa shape index (κ3) is 5.78. The molecule has 3 aromatic carbocycles. The van der Waals surface area contributed by atoms with Crippen molar-refractivity contribution in [3.05, 3.63) is 105 Å². The van der Waals surface area contributed by atoms with Gasteiger partial charge in [-0.05, 0) is 61.7 Å². The van der Waals surface area contributed by atoms with Gasteiger partial charge in [-0.3, -0.25) is 14.2 Å². The van der Waals surface area contributed by atoms with E-state index in [1.807, 2.05) is 66.4 Å². The maximum absolute atomic E-state index is 13.9. The number of nitrogens with zero attached hydrogens (tertiary/aromatic N) is 3. The molecule has 5 nitrogen and oxygen atoms in total. The SMILES string of the molecule is CCCCCCN(C(=O)c1ccccc1Cl)C(C)c1nc2ccccc2c(=O)n1-c1ccc(CC)cc1. The van der Waals surface area contributed by atoms with Gasteiger partial charge in [-0.2, -0.15) is 0 Å². The molecule has 4 aromatic rings. The fourth-order valence-corrected chi connectivity index (χ4v) is 4.89. The Morgan fingerprint density at radius 1 is 0.946 bits per heavy atom. The number of benzene rings is 3. The van der Waals surface area contributed by atoms with Crippen molar-refractivity contribution in [1.29, 1.82) is 0 Å². The van der Waals surface area contributed by atoms with Gasteiger partial charge in [0.25, 0.3) is 11.5 Å². The summed E-state index contributed by atoms with van der Waals surface area (Å²) in [7, 11) is 0. The molecule has 1 unspecified atom stereocenters. The van der Waals surface area contributed by atoms with E-state index in [1.165, 1.54) is 5.56 Å². The Morgan fingerprint density at radius 3 is 2.35 bits per heavy atom. The highest BCUT2D eigenvalue weighted by atomic mass is 35.5. The molecular weight excluding hydrogens is 482 g/mol. The van der Waals surface area contributed by atoms with Gasteiger partial charge in [0.05, 0.1) is 33.2 Å². The summed E-state index contributed by atoms with van der Waals surface area (Å²) in [6.07, 6.45) is 4.99. The number of halogens is 1. The topological polar surface area (TPSA) is 55.2 Å². The lowest BCUT2D eigenvalue weighted by atomic mass is 10.1. The lowest BCUT2D eigenvalue weighted by Gasteiger charge is -2.31. The number of carbonyl (C=O) groups is 1. The van der Waals surface area contributed by atoms with E-state index < -0.39 is 6.04 Å². The van der Waals surface area contributed by atoms with Gasteiger partial charge in [0.2, 0.25) is 0 Å². The molecule has 0 radical (unpaired) electrons. The van der Waals surface area contributed by atoms with Gasteiger partial charge in [0.15, 0.2) is 0 Å². The second-order valence-corrected chi connectivity index (χ2v) is 9.77. The quantitative estimate of drug-likeness (QED) is 0.207. The van der Waals surface area contributed by atoms with Crippen LogP contribution in [0.4, 0.5) is 0 Å². The molecule has 0 saturated heterocycles. The van der Waals surface area contributed by atoms with Crippen LogP contribution in [0.15, 0.2) is 77.6 Å². The van der Waals surface area contributed by atoms with Crippen molar-refractivity contribution in [2.45, 2.75) is 58.9 Å². The molecule has 0 aliphatic heterocycles. The van der Waals surface area contributed by atoms with Gasteiger partial charge < -0.3 is 4.90 Å². The van der Waals surface area contributed by atoms with Crippen molar-refractivity contribution in [3.63, 3.8) is 0 Å². The number of hydrogen-bond acceptors (Lipinski definition) is 3. The molecule has 6 heteroatoms. The van der Waals surface area contributed by atoms with E-state index in [0.29, 0.717) is 33.9 Å². The lowest BCUT2D eigenvalue weighted by Crippen LogP contribution is -2.38. The summed E-state index contributed by atoms with van der Waals surface area (Å²) < 4.78 is 1.66. The van der Waals surface area contributed by atoms with Crippen molar-refractivity contribution in [1.82, 2.24) is 14.5 Å². The fourth-order valence-electron chi connectivity index (χ4n) is 4.67. The standard InChI is InChI=1S/C31H34ClN3O2/c1-4-6-7-12-21-34(30(36)25-13-8-10-15-27(25)32)22(3)29-33-28-16-11-9-14-26(28)31(37)35(29)24-19-17-23(5-2)18-20-24/h8-11,13-20,22H,4-7,12,21H2,1-3H3. The number of unbranched alkanes of at least 4 members (excludes halogenated alkanes) is 3. The zero-order valence-electron chi connectivity index (χ0n) is 21.8. The minimum Gasteiger partial charge on any atom is -0.329 e. The molecule has 0 spiro atoms. The highest BCUT2D eigenvalue weighted by Gasteiger charge is 2.28. The molecule has 0 aliphatic carbocycles. The molecule has 0 aliphatic rings. The van der Waals surface area contributed by atoms with Gasteiger partial charge in [0, 0.05) is 6.54 Å². The first-order valence-corrected chi connectivity index (χ1v) is 13.5. The summed E-state index contributed by atoms with van der Waals surface area (Å²) in [5.41, 5.74) is 2.85. The van der Waals surface area contributed by atoms with E-state index in [-0.39, 0.29) is 11.5 Å². The third-order valence-corrected chi connectivity index (χ3v) is 7.19. The fraction of sp³-hybridized carbons (Fsp3) is 0.323. The van der Waals surface area contributed by atoms with E-state index in [4.69, 9.17) is 16.6 Å². The Bertz CT molecular complexity index is 1430. The van der Waals surface area contributed by atoms with Crippen LogP contribution >= 0.6 is 11.6 Å². The second kappa shape index (κ2) is 12.2. The van der Waals surface area contributed by atoms with Crippen LogP contribution in [0.1, 0.15) is 74.2 Å². The Balaban J connectivity index is 1.86. The predicted molar refractivity (Wildman–Crippen MR) is 152 cm³/mol. The number of hydrogen-bond donors (Lipinski definition) is 0. The van der Waals surface area contributed by atoms with E-state index in [9.17, 15) is 9.59 Å². The number of aryl methyl sites for hydroxylation is 1. The van der Waals surface area contributed by atoms with E-state index in [1.54, 1.807) is 22.8 Å². The Kier molecular flexibility index (Phi) is 8.78. The van der Waals surface area contributed by atoms with E-state index in [0.717, 1.165) is 37.8 Å². The molecule has 0 fully saturated rings. The lowest BCUT2D eigenvalue weighted by molar-refractivity contribution is 0.0677. The van der Waals surface area contributed by atoms with Crippen molar-refractivity contribution >= 4 is 28.4 Å². The maximum atomic E-state index is 13.9. The highest BCUT2D eigenvalue weighted by molar-refractivity contribution is 6.33. The molecule has 192 valence electrons. The summed E-state index contributed by atoms with van der Waals surface area (Å²) in [5.74, 6) is 0.369. The van der Waals surface area contributed by atoms with Crippen molar-refractivity contribution < 1.29 is 4.79 Å². The minimum absolute atomic E-state index is 0.146. The van der Waals surface area contributed by atoms with E-state index >= 15 is 0 Å². The molecule has 1 atom stereocenters. The number of fused-ring (bicyclic) bond motifs is 1. The van der Waals surface area contributed by atoms with Crippen molar-refractivity contribution in [3.8, 4) is 5.69 Å². The van der Waals surface area contributed by atoms with Crippen LogP contribution < -0.4 is 5.56 Å². The first-order chi connectivity index (χ1) is 18.0. The molecule has 4 rings (SSSR count). The third-order valence-electron chi connectivity index (χ3n) is 6.86. The Hall–Kier alpha value is -3.44. The van der Waals surface area contributed by atoms with Crippen LogP contribution in [0, 0.1) is 0 Å². The molecule has 37 heavy (non-hydrogen) atoms. The summed E-state index contributed by atoms with van der Waals surface area (Å²) in [6, 6.07) is 22.0. The molecular formula is C31H34ClN3O2. The first-order valence-electron chi connectivity index (χ1n) is 13.1.